The minimum Gasteiger partial charge on any atom is -0.480 e. The number of carboxylic acid groups (broad SMARTS) is 1. The summed E-state index contributed by atoms with van der Waals surface area (Å²) in [7, 11) is 0. The van der Waals surface area contributed by atoms with Crippen LogP contribution in [0.4, 0.5) is 0 Å². The van der Waals surface area contributed by atoms with Crippen LogP contribution in [0.2, 0.25) is 0 Å². The van der Waals surface area contributed by atoms with Crippen molar-refractivity contribution < 1.29 is 19.5 Å². The van der Waals surface area contributed by atoms with Gasteiger partial charge in [-0.1, -0.05) is 30.3 Å². The predicted octanol–water partition coefficient (Wildman–Crippen LogP) is -0.738. The van der Waals surface area contributed by atoms with Gasteiger partial charge in [0.05, 0.1) is 6.54 Å². The maximum absolute atomic E-state index is 12.1. The molecule has 0 saturated heterocycles. The summed E-state index contributed by atoms with van der Waals surface area (Å²) >= 11 is 0. The van der Waals surface area contributed by atoms with Gasteiger partial charge in [-0.05, 0) is 12.5 Å². The summed E-state index contributed by atoms with van der Waals surface area (Å²) in [6, 6.07) is 7.19. The van der Waals surface area contributed by atoms with Gasteiger partial charge in [0.1, 0.15) is 12.1 Å². The van der Waals surface area contributed by atoms with Crippen molar-refractivity contribution in [3.8, 4) is 0 Å². The molecule has 0 radical (unpaired) electrons. The first-order valence-corrected chi connectivity index (χ1v) is 6.50. The second-order valence-corrected chi connectivity index (χ2v) is 4.58. The van der Waals surface area contributed by atoms with Gasteiger partial charge in [0, 0.05) is 6.42 Å². The van der Waals surface area contributed by atoms with Crippen LogP contribution < -0.4 is 16.4 Å². The van der Waals surface area contributed by atoms with Crippen molar-refractivity contribution in [2.24, 2.45) is 5.73 Å². The molecule has 0 aliphatic rings. The summed E-state index contributed by atoms with van der Waals surface area (Å²) in [5.41, 5.74) is 6.07. The van der Waals surface area contributed by atoms with Crippen LogP contribution in [-0.2, 0) is 20.8 Å². The highest BCUT2D eigenvalue weighted by Crippen LogP contribution is 2.04. The monoisotopic (exact) mass is 293 g/mol. The molecule has 7 heteroatoms. The molecule has 1 aromatic carbocycles. The number of nitrogens with two attached hydrogens (primary N) is 1. The number of hydrogen-bond donors (Lipinski definition) is 4. The van der Waals surface area contributed by atoms with E-state index < -0.39 is 29.9 Å². The summed E-state index contributed by atoms with van der Waals surface area (Å²) < 4.78 is 0. The molecule has 0 aromatic heterocycles. The fourth-order valence-electron chi connectivity index (χ4n) is 1.69. The van der Waals surface area contributed by atoms with Crippen molar-refractivity contribution in [2.45, 2.75) is 25.4 Å². The van der Waals surface area contributed by atoms with Crippen LogP contribution in [0.15, 0.2) is 30.3 Å². The Morgan fingerprint density at radius 2 is 1.81 bits per heavy atom. The van der Waals surface area contributed by atoms with E-state index in [4.69, 9.17) is 10.8 Å². The zero-order chi connectivity index (χ0) is 15.8. The van der Waals surface area contributed by atoms with Crippen LogP contribution in [0.5, 0.6) is 0 Å². The molecule has 7 nitrogen and oxygen atoms in total. The first-order valence-electron chi connectivity index (χ1n) is 6.50. The Morgan fingerprint density at radius 3 is 2.33 bits per heavy atom. The third kappa shape index (κ3) is 5.62. The number of benzene rings is 1. The Balaban J connectivity index is 2.78. The van der Waals surface area contributed by atoms with E-state index in [-0.39, 0.29) is 13.0 Å². The second kappa shape index (κ2) is 8.01. The lowest BCUT2D eigenvalue weighted by Crippen LogP contribution is -2.52. The molecule has 21 heavy (non-hydrogen) atoms. The number of carboxylic acids is 1. The Labute approximate surface area is 122 Å². The number of nitrogens with one attached hydrogen (secondary N) is 2. The van der Waals surface area contributed by atoms with Gasteiger partial charge in [0.2, 0.25) is 11.8 Å². The minimum atomic E-state index is -1.15. The minimum absolute atomic E-state index is 0.243. The maximum Gasteiger partial charge on any atom is 0.325 e. The Hall–Kier alpha value is -2.41. The van der Waals surface area contributed by atoms with Crippen LogP contribution in [0, 0.1) is 0 Å². The Morgan fingerprint density at radius 1 is 1.19 bits per heavy atom. The quantitative estimate of drug-likeness (QED) is 0.527. The maximum atomic E-state index is 12.1. The molecule has 0 saturated carbocycles. The number of carbonyl (C=O) groups excluding carboxylic acids is 2. The zero-order valence-electron chi connectivity index (χ0n) is 11.7. The van der Waals surface area contributed by atoms with Gasteiger partial charge >= 0.3 is 5.97 Å². The average Bonchev–Trinajstić information content (AvgIpc) is 2.47. The number of amides is 2. The van der Waals surface area contributed by atoms with Crippen molar-refractivity contribution in [1.29, 1.82) is 0 Å². The SMILES string of the molecule is C[C@H](NC(=O)[C@H](Cc1ccccc1)NC(=O)CN)C(=O)O. The molecule has 2 atom stereocenters. The zero-order valence-corrected chi connectivity index (χ0v) is 11.7. The molecule has 0 spiro atoms. The molecule has 114 valence electrons. The number of aliphatic carboxylic acids is 1. The molecule has 1 aromatic rings. The lowest BCUT2D eigenvalue weighted by molar-refractivity contribution is -0.141. The highest BCUT2D eigenvalue weighted by Gasteiger charge is 2.24. The van der Waals surface area contributed by atoms with Crippen molar-refractivity contribution in [3.63, 3.8) is 0 Å². The van der Waals surface area contributed by atoms with Crippen molar-refractivity contribution in [2.75, 3.05) is 6.54 Å². The summed E-state index contributed by atoms with van der Waals surface area (Å²) in [5.74, 6) is -2.18. The third-order valence-electron chi connectivity index (χ3n) is 2.85. The first-order chi connectivity index (χ1) is 9.93. The lowest BCUT2D eigenvalue weighted by atomic mass is 10.0. The number of hydrogen-bond acceptors (Lipinski definition) is 4. The highest BCUT2D eigenvalue weighted by molar-refractivity contribution is 5.90. The van der Waals surface area contributed by atoms with Crippen molar-refractivity contribution in [3.05, 3.63) is 35.9 Å². The Bertz CT molecular complexity index is 504. The molecular formula is C14H19N3O4. The van der Waals surface area contributed by atoms with E-state index in [2.05, 4.69) is 10.6 Å². The Kier molecular flexibility index (Phi) is 6.35. The standard InChI is InChI=1S/C14H19N3O4/c1-9(14(20)21)16-13(19)11(17-12(18)8-15)7-10-5-3-2-4-6-10/h2-6,9,11H,7-8,15H2,1H3,(H,16,19)(H,17,18)(H,20,21)/t9-,11-/m0/s1. The molecular weight excluding hydrogens is 274 g/mol. The van der Waals surface area contributed by atoms with Crippen molar-refractivity contribution in [1.82, 2.24) is 10.6 Å². The molecule has 0 fully saturated rings. The van der Waals surface area contributed by atoms with E-state index in [1.54, 1.807) is 0 Å². The fraction of sp³-hybridized carbons (Fsp3) is 0.357. The second-order valence-electron chi connectivity index (χ2n) is 4.58. The fourth-order valence-corrected chi connectivity index (χ4v) is 1.69. The number of rotatable bonds is 7. The van der Waals surface area contributed by atoms with Crippen LogP contribution >= 0.6 is 0 Å². The van der Waals surface area contributed by atoms with E-state index >= 15 is 0 Å². The first kappa shape index (κ1) is 16.6. The van der Waals surface area contributed by atoms with E-state index in [0.717, 1.165) is 5.56 Å². The molecule has 0 aliphatic heterocycles. The topological polar surface area (TPSA) is 122 Å². The van der Waals surface area contributed by atoms with Crippen LogP contribution in [0.3, 0.4) is 0 Å². The van der Waals surface area contributed by atoms with E-state index in [1.807, 2.05) is 30.3 Å². The molecule has 5 N–H and O–H groups in total. The highest BCUT2D eigenvalue weighted by atomic mass is 16.4. The molecule has 0 heterocycles. The number of carbonyl (C=O) groups is 3. The largest absolute Gasteiger partial charge is 0.480 e. The summed E-state index contributed by atoms with van der Waals surface area (Å²) in [6.45, 7) is 1.11. The summed E-state index contributed by atoms with van der Waals surface area (Å²) in [6.07, 6.45) is 0.255. The lowest BCUT2D eigenvalue weighted by Gasteiger charge is -2.19. The van der Waals surface area contributed by atoms with E-state index in [0.29, 0.717) is 0 Å². The van der Waals surface area contributed by atoms with Crippen LogP contribution in [0.25, 0.3) is 0 Å². The summed E-state index contributed by atoms with van der Waals surface area (Å²) in [4.78, 5) is 34.3. The molecule has 2 amide bonds. The van der Waals surface area contributed by atoms with Crippen molar-refractivity contribution >= 4 is 17.8 Å². The average molecular weight is 293 g/mol. The normalized spacial score (nSPS) is 13.0. The molecule has 1 rings (SSSR count). The van der Waals surface area contributed by atoms with Gasteiger partial charge in [0.25, 0.3) is 0 Å². The van der Waals surface area contributed by atoms with Gasteiger partial charge in [0.15, 0.2) is 0 Å². The molecule has 0 bridgehead atoms. The van der Waals surface area contributed by atoms with Gasteiger partial charge in [-0.3, -0.25) is 14.4 Å². The van der Waals surface area contributed by atoms with Crippen LogP contribution in [0.1, 0.15) is 12.5 Å². The van der Waals surface area contributed by atoms with Gasteiger partial charge < -0.3 is 21.5 Å². The van der Waals surface area contributed by atoms with Gasteiger partial charge in [-0.25, -0.2) is 0 Å². The smallest absolute Gasteiger partial charge is 0.325 e. The van der Waals surface area contributed by atoms with E-state index in [1.165, 1.54) is 6.92 Å². The van der Waals surface area contributed by atoms with Gasteiger partial charge in [-0.15, -0.1) is 0 Å². The van der Waals surface area contributed by atoms with Crippen LogP contribution in [-0.4, -0.2) is 41.5 Å². The molecule has 0 unspecified atom stereocenters. The predicted molar refractivity (Wildman–Crippen MR) is 76.4 cm³/mol. The summed E-state index contributed by atoms with van der Waals surface area (Å²) in [5, 5.41) is 13.6. The van der Waals surface area contributed by atoms with E-state index in [9.17, 15) is 14.4 Å². The third-order valence-corrected chi connectivity index (χ3v) is 2.85. The van der Waals surface area contributed by atoms with Gasteiger partial charge in [-0.2, -0.15) is 0 Å². The molecule has 0 aliphatic carbocycles.